The Labute approximate surface area is 247 Å². The lowest BCUT2D eigenvalue weighted by atomic mass is 10.1. The molecule has 2 amide bonds. The quantitative estimate of drug-likeness (QED) is 0.359. The van der Waals surface area contributed by atoms with E-state index in [0.717, 1.165) is 55.0 Å². The number of nitrogens with zero attached hydrogens (tertiary/aromatic N) is 2. The van der Waals surface area contributed by atoms with Gasteiger partial charge in [-0.2, -0.15) is 4.31 Å². The number of thioether (sulfide) groups is 1. The molecule has 0 aliphatic carbocycles. The summed E-state index contributed by atoms with van der Waals surface area (Å²) in [7, 11) is -3.69. The fraction of sp³-hybridized carbons (Fsp3) is 0.433. The number of aliphatic imine (C=N–C) groups is 1. The van der Waals surface area contributed by atoms with Crippen LogP contribution in [0.1, 0.15) is 55.7 Å². The maximum absolute atomic E-state index is 13.5. The summed E-state index contributed by atoms with van der Waals surface area (Å²) in [5.74, 6) is -0.824. The van der Waals surface area contributed by atoms with Crippen LogP contribution in [0.2, 0.25) is 0 Å². The number of nitrogens with two attached hydrogens (primary N) is 1. The minimum atomic E-state index is -3.69. The van der Waals surface area contributed by atoms with Crippen molar-refractivity contribution in [1.82, 2.24) is 9.62 Å². The highest BCUT2D eigenvalue weighted by molar-refractivity contribution is 8.16. The number of aryl methyl sites for hydroxylation is 3. The summed E-state index contributed by atoms with van der Waals surface area (Å²) in [6.45, 7) is 9.18. The number of unbranched alkanes of at least 4 members (excludes halogenated alkanes) is 1. The molecule has 1 saturated heterocycles. The summed E-state index contributed by atoms with van der Waals surface area (Å²) >= 11 is 1.12. The molecule has 0 saturated carbocycles. The summed E-state index contributed by atoms with van der Waals surface area (Å²) < 4.78 is 28.2. The van der Waals surface area contributed by atoms with Gasteiger partial charge in [0.15, 0.2) is 0 Å². The number of benzene rings is 2. The Hall–Kier alpha value is -3.15. The van der Waals surface area contributed by atoms with Crippen LogP contribution in [-0.4, -0.2) is 54.5 Å². The molecule has 0 aromatic heterocycles. The molecule has 1 atom stereocenters. The third-order valence-electron chi connectivity index (χ3n) is 7.26. The number of piperidine rings is 1. The van der Waals surface area contributed by atoms with Gasteiger partial charge in [0.1, 0.15) is 10.3 Å². The first-order valence-corrected chi connectivity index (χ1v) is 16.4. The molecule has 4 N–H and O–H groups in total. The third kappa shape index (κ3) is 7.02. The van der Waals surface area contributed by atoms with E-state index in [9.17, 15) is 18.0 Å². The van der Waals surface area contributed by atoms with Gasteiger partial charge in [0.2, 0.25) is 15.9 Å². The van der Waals surface area contributed by atoms with Gasteiger partial charge in [-0.15, -0.1) is 0 Å². The first-order valence-electron chi connectivity index (χ1n) is 14.1. The van der Waals surface area contributed by atoms with E-state index in [1.165, 1.54) is 10.4 Å². The summed E-state index contributed by atoms with van der Waals surface area (Å²) in [5.41, 5.74) is 10.5. The minimum Gasteiger partial charge on any atom is -0.400 e. The molecule has 1 fully saturated rings. The molecule has 0 unspecified atom stereocenters. The zero-order chi connectivity index (χ0) is 29.7. The van der Waals surface area contributed by atoms with E-state index in [1.54, 1.807) is 19.1 Å². The average molecular weight is 598 g/mol. The average Bonchev–Trinajstić information content (AvgIpc) is 3.27. The van der Waals surface area contributed by atoms with Crippen molar-refractivity contribution >= 4 is 50.0 Å². The highest BCUT2D eigenvalue weighted by Crippen LogP contribution is 2.36. The Kier molecular flexibility index (Phi) is 9.93. The predicted molar refractivity (Wildman–Crippen MR) is 166 cm³/mol. The highest BCUT2D eigenvalue weighted by atomic mass is 32.2. The largest absolute Gasteiger partial charge is 0.400 e. The topological polar surface area (TPSA) is 134 Å². The Bertz CT molecular complexity index is 1490. The lowest BCUT2D eigenvalue weighted by molar-refractivity contribution is -0.117. The van der Waals surface area contributed by atoms with Crippen molar-refractivity contribution in [2.24, 2.45) is 10.7 Å². The standard InChI is InChI=1S/C30H39N5O4S2/c1-5-6-14-32-28(36)25-26(31)27(40-30(25)34-23-13-10-19(2)17-21(23)4)29(37)33-22-12-11-20(3)24(18-22)41(38,39)35-15-8-7-9-16-35/h10-13,17-18,27H,5-9,14-16,31H2,1-4H3,(H,32,36)(H,33,37)/t27-/m1/s1. The van der Waals surface area contributed by atoms with Gasteiger partial charge in [-0.1, -0.05) is 55.3 Å². The van der Waals surface area contributed by atoms with Gasteiger partial charge >= 0.3 is 0 Å². The number of hydrogen-bond acceptors (Lipinski definition) is 7. The molecule has 9 nitrogen and oxygen atoms in total. The Morgan fingerprint density at radius 3 is 2.46 bits per heavy atom. The van der Waals surface area contributed by atoms with Crippen LogP contribution in [0, 0.1) is 20.8 Å². The summed E-state index contributed by atoms with van der Waals surface area (Å²) in [6, 6.07) is 10.7. The molecule has 0 bridgehead atoms. The van der Waals surface area contributed by atoms with E-state index in [-0.39, 0.29) is 22.1 Å². The van der Waals surface area contributed by atoms with Crippen LogP contribution in [-0.2, 0) is 19.6 Å². The van der Waals surface area contributed by atoms with Gasteiger partial charge < -0.3 is 16.4 Å². The fourth-order valence-corrected chi connectivity index (χ4v) is 7.79. The second-order valence-electron chi connectivity index (χ2n) is 10.6. The van der Waals surface area contributed by atoms with Crippen LogP contribution in [0.3, 0.4) is 0 Å². The van der Waals surface area contributed by atoms with E-state index in [1.807, 2.05) is 39.0 Å². The molecule has 11 heteroatoms. The van der Waals surface area contributed by atoms with Gasteiger partial charge in [0.05, 0.1) is 16.2 Å². The molecule has 2 aliphatic rings. The first-order chi connectivity index (χ1) is 19.5. The molecular weight excluding hydrogens is 558 g/mol. The summed E-state index contributed by atoms with van der Waals surface area (Å²) in [6.07, 6.45) is 4.42. The lowest BCUT2D eigenvalue weighted by Gasteiger charge is -2.26. The molecule has 0 spiro atoms. The van der Waals surface area contributed by atoms with E-state index >= 15 is 0 Å². The molecule has 0 radical (unpaired) electrons. The number of amides is 2. The Morgan fingerprint density at radius 2 is 1.78 bits per heavy atom. The summed E-state index contributed by atoms with van der Waals surface area (Å²) in [4.78, 5) is 31.6. The Morgan fingerprint density at radius 1 is 1.05 bits per heavy atom. The van der Waals surface area contributed by atoms with Crippen molar-refractivity contribution in [1.29, 1.82) is 0 Å². The van der Waals surface area contributed by atoms with Crippen molar-refractivity contribution in [3.63, 3.8) is 0 Å². The zero-order valence-electron chi connectivity index (χ0n) is 24.1. The second-order valence-corrected chi connectivity index (χ2v) is 13.6. The smallest absolute Gasteiger partial charge is 0.255 e. The number of carbonyl (C=O) groups excluding carboxylic acids is 2. The van der Waals surface area contributed by atoms with Crippen molar-refractivity contribution in [2.75, 3.05) is 25.0 Å². The number of anilines is 1. The van der Waals surface area contributed by atoms with Crippen molar-refractivity contribution in [2.45, 2.75) is 69.9 Å². The van der Waals surface area contributed by atoms with Gasteiger partial charge in [-0.25, -0.2) is 13.4 Å². The van der Waals surface area contributed by atoms with Gasteiger partial charge in [-0.05, 0) is 69.4 Å². The first kappa shape index (κ1) is 30.8. The predicted octanol–water partition coefficient (Wildman–Crippen LogP) is 4.70. The highest BCUT2D eigenvalue weighted by Gasteiger charge is 2.38. The van der Waals surface area contributed by atoms with Crippen LogP contribution in [0.25, 0.3) is 0 Å². The van der Waals surface area contributed by atoms with Gasteiger partial charge in [0.25, 0.3) is 5.91 Å². The number of nitrogens with one attached hydrogen (secondary N) is 2. The minimum absolute atomic E-state index is 0.123. The molecular formula is C30H39N5O4S2. The number of rotatable bonds is 9. The van der Waals surface area contributed by atoms with Crippen molar-refractivity contribution in [3.8, 4) is 0 Å². The molecule has 220 valence electrons. The normalized spacial score (nSPS) is 19.0. The molecule has 4 rings (SSSR count). The monoisotopic (exact) mass is 597 g/mol. The van der Waals surface area contributed by atoms with E-state index in [2.05, 4.69) is 10.6 Å². The maximum Gasteiger partial charge on any atom is 0.255 e. The lowest BCUT2D eigenvalue weighted by Crippen LogP contribution is -2.36. The molecule has 2 aliphatic heterocycles. The van der Waals surface area contributed by atoms with Crippen LogP contribution >= 0.6 is 11.8 Å². The van der Waals surface area contributed by atoms with Crippen molar-refractivity contribution in [3.05, 3.63) is 64.4 Å². The van der Waals surface area contributed by atoms with E-state index in [4.69, 9.17) is 10.7 Å². The second kappa shape index (κ2) is 13.2. The Balaban J connectivity index is 1.62. The number of sulfonamides is 1. The fourth-order valence-electron chi connectivity index (χ4n) is 4.91. The van der Waals surface area contributed by atoms with Crippen LogP contribution in [0.5, 0.6) is 0 Å². The van der Waals surface area contributed by atoms with E-state index < -0.39 is 21.2 Å². The molecule has 2 aromatic rings. The van der Waals surface area contributed by atoms with Crippen molar-refractivity contribution < 1.29 is 18.0 Å². The molecule has 2 aromatic carbocycles. The van der Waals surface area contributed by atoms with E-state index in [0.29, 0.717) is 41.6 Å². The number of carbonyl (C=O) groups is 2. The molecule has 41 heavy (non-hydrogen) atoms. The van der Waals surface area contributed by atoms with Crippen LogP contribution in [0.4, 0.5) is 11.4 Å². The van der Waals surface area contributed by atoms with Gasteiger partial charge in [-0.3, -0.25) is 9.59 Å². The van der Waals surface area contributed by atoms with Crippen LogP contribution in [0.15, 0.2) is 57.6 Å². The number of hydrogen-bond donors (Lipinski definition) is 3. The third-order valence-corrected chi connectivity index (χ3v) is 10.5. The zero-order valence-corrected chi connectivity index (χ0v) is 25.8. The van der Waals surface area contributed by atoms with Crippen LogP contribution < -0.4 is 16.4 Å². The SMILES string of the molecule is CCCCNC(=O)C1=C(N)[C@H](C(=O)Nc2ccc(C)c(S(=O)(=O)N3CCCCC3)c2)SC1=Nc1ccc(C)cc1C. The van der Waals surface area contributed by atoms with Gasteiger partial charge in [0, 0.05) is 31.0 Å². The summed E-state index contributed by atoms with van der Waals surface area (Å²) in [5, 5.41) is 5.19. The maximum atomic E-state index is 13.5. The molecule has 2 heterocycles.